The van der Waals surface area contributed by atoms with Crippen LogP contribution in [0.2, 0.25) is 0 Å². The van der Waals surface area contributed by atoms with Crippen molar-refractivity contribution in [1.29, 1.82) is 0 Å². The van der Waals surface area contributed by atoms with Gasteiger partial charge in [0.25, 0.3) is 0 Å². The van der Waals surface area contributed by atoms with Gasteiger partial charge in [-0.3, -0.25) is 4.90 Å². The molecule has 0 aromatic rings. The average Bonchev–Trinajstić information content (AvgIpc) is 2.10. The van der Waals surface area contributed by atoms with E-state index in [1.54, 1.807) is 0 Å². The van der Waals surface area contributed by atoms with E-state index in [2.05, 4.69) is 25.7 Å². The van der Waals surface area contributed by atoms with Crippen molar-refractivity contribution in [2.45, 2.75) is 51.6 Å². The first-order valence-corrected chi connectivity index (χ1v) is 5.04. The van der Waals surface area contributed by atoms with Gasteiger partial charge in [-0.2, -0.15) is 0 Å². The number of hydrogen-bond acceptors (Lipinski definition) is 2. The SMILES string of the molecule is CC(C)N1CCCC[C@@](C)(N)C1. The third-order valence-corrected chi connectivity index (χ3v) is 2.74. The van der Waals surface area contributed by atoms with Crippen LogP contribution in [0.25, 0.3) is 0 Å². The molecule has 0 radical (unpaired) electrons. The Balaban J connectivity index is 2.54. The predicted molar refractivity (Wildman–Crippen MR) is 53.2 cm³/mol. The fourth-order valence-electron chi connectivity index (χ4n) is 1.91. The van der Waals surface area contributed by atoms with Crippen LogP contribution in [-0.2, 0) is 0 Å². The zero-order chi connectivity index (χ0) is 9.19. The summed E-state index contributed by atoms with van der Waals surface area (Å²) in [6.45, 7) is 8.96. The topological polar surface area (TPSA) is 29.3 Å². The molecule has 0 saturated carbocycles. The lowest BCUT2D eigenvalue weighted by Crippen LogP contribution is -2.48. The van der Waals surface area contributed by atoms with Gasteiger partial charge >= 0.3 is 0 Å². The van der Waals surface area contributed by atoms with E-state index in [0.29, 0.717) is 6.04 Å². The lowest BCUT2D eigenvalue weighted by Gasteiger charge is -2.32. The highest BCUT2D eigenvalue weighted by Gasteiger charge is 2.25. The second-order valence-corrected chi connectivity index (χ2v) is 4.68. The molecule has 0 aromatic heterocycles. The van der Waals surface area contributed by atoms with Gasteiger partial charge in [-0.25, -0.2) is 0 Å². The molecule has 0 aliphatic carbocycles. The molecule has 0 bridgehead atoms. The molecule has 1 atom stereocenters. The Labute approximate surface area is 76.1 Å². The molecule has 2 N–H and O–H groups in total. The van der Waals surface area contributed by atoms with E-state index in [0.717, 1.165) is 6.54 Å². The minimum Gasteiger partial charge on any atom is -0.324 e. The lowest BCUT2D eigenvalue weighted by atomic mass is 9.97. The van der Waals surface area contributed by atoms with Gasteiger partial charge in [-0.05, 0) is 40.2 Å². The Bertz CT molecular complexity index is 141. The van der Waals surface area contributed by atoms with Crippen molar-refractivity contribution in [3.63, 3.8) is 0 Å². The molecule has 0 spiro atoms. The molecule has 1 saturated heterocycles. The van der Waals surface area contributed by atoms with Crippen LogP contribution >= 0.6 is 0 Å². The van der Waals surface area contributed by atoms with Crippen molar-refractivity contribution in [3.05, 3.63) is 0 Å². The Morgan fingerprint density at radius 2 is 2.00 bits per heavy atom. The first kappa shape index (κ1) is 10.0. The smallest absolute Gasteiger partial charge is 0.0254 e. The molecule has 72 valence electrons. The highest BCUT2D eigenvalue weighted by Crippen LogP contribution is 2.19. The fraction of sp³-hybridized carbons (Fsp3) is 1.00. The third-order valence-electron chi connectivity index (χ3n) is 2.74. The molecular weight excluding hydrogens is 148 g/mol. The van der Waals surface area contributed by atoms with Crippen molar-refractivity contribution in [3.8, 4) is 0 Å². The highest BCUT2D eigenvalue weighted by molar-refractivity contribution is 4.86. The normalized spacial score (nSPS) is 33.8. The molecule has 1 heterocycles. The van der Waals surface area contributed by atoms with Gasteiger partial charge in [0.15, 0.2) is 0 Å². The van der Waals surface area contributed by atoms with E-state index in [4.69, 9.17) is 5.73 Å². The average molecular weight is 170 g/mol. The molecular formula is C10H22N2. The molecule has 0 unspecified atom stereocenters. The van der Waals surface area contributed by atoms with E-state index in [1.165, 1.54) is 25.8 Å². The summed E-state index contributed by atoms with van der Waals surface area (Å²) in [6.07, 6.45) is 3.78. The largest absolute Gasteiger partial charge is 0.324 e. The molecule has 1 rings (SSSR count). The maximum Gasteiger partial charge on any atom is 0.0254 e. The molecule has 1 aliphatic rings. The molecule has 0 aromatic carbocycles. The van der Waals surface area contributed by atoms with Crippen LogP contribution in [0, 0.1) is 0 Å². The van der Waals surface area contributed by atoms with Crippen molar-refractivity contribution in [2.24, 2.45) is 5.73 Å². The van der Waals surface area contributed by atoms with E-state index >= 15 is 0 Å². The van der Waals surface area contributed by atoms with Crippen LogP contribution in [0.1, 0.15) is 40.0 Å². The number of nitrogens with two attached hydrogens (primary N) is 1. The minimum absolute atomic E-state index is 0.0424. The molecule has 1 fully saturated rings. The van der Waals surface area contributed by atoms with E-state index in [-0.39, 0.29) is 5.54 Å². The molecule has 0 amide bonds. The van der Waals surface area contributed by atoms with Crippen molar-refractivity contribution < 1.29 is 0 Å². The standard InChI is InChI=1S/C10H22N2/c1-9(2)12-7-5-4-6-10(3,11)8-12/h9H,4-8,11H2,1-3H3/t10-/m1/s1. The van der Waals surface area contributed by atoms with Gasteiger partial charge < -0.3 is 5.73 Å². The first-order valence-electron chi connectivity index (χ1n) is 5.04. The van der Waals surface area contributed by atoms with E-state index in [9.17, 15) is 0 Å². The van der Waals surface area contributed by atoms with Gasteiger partial charge in [-0.15, -0.1) is 0 Å². The van der Waals surface area contributed by atoms with Crippen molar-refractivity contribution >= 4 is 0 Å². The summed E-state index contributed by atoms with van der Waals surface area (Å²) in [5.41, 5.74) is 6.21. The van der Waals surface area contributed by atoms with Crippen LogP contribution in [-0.4, -0.2) is 29.6 Å². The Kier molecular flexibility index (Phi) is 3.13. The van der Waals surface area contributed by atoms with Crippen LogP contribution in [0.15, 0.2) is 0 Å². The Hall–Kier alpha value is -0.0800. The maximum absolute atomic E-state index is 6.16. The summed E-state index contributed by atoms with van der Waals surface area (Å²) in [5, 5.41) is 0. The summed E-state index contributed by atoms with van der Waals surface area (Å²) in [7, 11) is 0. The molecule has 1 aliphatic heterocycles. The second-order valence-electron chi connectivity index (χ2n) is 4.68. The number of rotatable bonds is 1. The summed E-state index contributed by atoms with van der Waals surface area (Å²) in [4.78, 5) is 2.49. The maximum atomic E-state index is 6.16. The quantitative estimate of drug-likeness (QED) is 0.647. The zero-order valence-electron chi connectivity index (χ0n) is 8.64. The molecule has 12 heavy (non-hydrogen) atoms. The predicted octanol–water partition coefficient (Wildman–Crippen LogP) is 1.60. The van der Waals surface area contributed by atoms with Gasteiger partial charge in [-0.1, -0.05) is 6.42 Å². The Morgan fingerprint density at radius 3 is 2.58 bits per heavy atom. The van der Waals surface area contributed by atoms with Crippen LogP contribution < -0.4 is 5.73 Å². The summed E-state index contributed by atoms with van der Waals surface area (Å²) < 4.78 is 0. The van der Waals surface area contributed by atoms with Gasteiger partial charge in [0.1, 0.15) is 0 Å². The highest BCUT2D eigenvalue weighted by atomic mass is 15.2. The van der Waals surface area contributed by atoms with Crippen molar-refractivity contribution in [1.82, 2.24) is 4.90 Å². The molecule has 2 nitrogen and oxygen atoms in total. The minimum atomic E-state index is 0.0424. The number of likely N-dealkylation sites (tertiary alicyclic amines) is 1. The monoisotopic (exact) mass is 170 g/mol. The number of hydrogen-bond donors (Lipinski definition) is 1. The van der Waals surface area contributed by atoms with Crippen LogP contribution in [0.3, 0.4) is 0 Å². The van der Waals surface area contributed by atoms with E-state index < -0.39 is 0 Å². The summed E-state index contributed by atoms with van der Waals surface area (Å²) >= 11 is 0. The second kappa shape index (κ2) is 3.75. The van der Waals surface area contributed by atoms with Crippen molar-refractivity contribution in [2.75, 3.05) is 13.1 Å². The van der Waals surface area contributed by atoms with E-state index in [1.807, 2.05) is 0 Å². The number of nitrogens with zero attached hydrogens (tertiary/aromatic N) is 1. The summed E-state index contributed by atoms with van der Waals surface area (Å²) in [6, 6.07) is 0.644. The van der Waals surface area contributed by atoms with Gasteiger partial charge in [0.2, 0.25) is 0 Å². The van der Waals surface area contributed by atoms with Crippen LogP contribution in [0.5, 0.6) is 0 Å². The molecule has 2 heteroatoms. The fourth-order valence-corrected chi connectivity index (χ4v) is 1.91. The zero-order valence-corrected chi connectivity index (χ0v) is 8.64. The van der Waals surface area contributed by atoms with Gasteiger partial charge in [0, 0.05) is 18.1 Å². The van der Waals surface area contributed by atoms with Gasteiger partial charge in [0.05, 0.1) is 0 Å². The third kappa shape index (κ3) is 2.76. The summed E-state index contributed by atoms with van der Waals surface area (Å²) in [5.74, 6) is 0. The Morgan fingerprint density at radius 1 is 1.33 bits per heavy atom. The first-order chi connectivity index (χ1) is 5.51. The van der Waals surface area contributed by atoms with Crippen LogP contribution in [0.4, 0.5) is 0 Å². The lowest BCUT2D eigenvalue weighted by molar-refractivity contribution is 0.193.